The molecule has 1 saturated carbocycles. The Labute approximate surface area is 111 Å². The molecule has 0 amide bonds. The van der Waals surface area contributed by atoms with Crippen LogP contribution in [-0.4, -0.2) is 17.8 Å². The minimum Gasteiger partial charge on any atom is -0.313 e. The zero-order valence-electron chi connectivity index (χ0n) is 10.6. The molecule has 100 valence electrons. The zero-order chi connectivity index (χ0) is 13.0. The van der Waals surface area contributed by atoms with Gasteiger partial charge < -0.3 is 5.32 Å². The Hall–Kier alpha value is -0.610. The highest BCUT2D eigenvalue weighted by atomic mass is 32.2. The third-order valence-corrected chi connectivity index (χ3v) is 4.68. The number of rotatable bonds is 5. The normalized spacial score (nSPS) is 23.5. The first-order valence-electron chi connectivity index (χ1n) is 6.55. The second-order valence-electron chi connectivity index (χ2n) is 4.72. The van der Waals surface area contributed by atoms with E-state index < -0.39 is 11.6 Å². The van der Waals surface area contributed by atoms with Crippen molar-refractivity contribution in [1.29, 1.82) is 0 Å². The van der Waals surface area contributed by atoms with E-state index in [-0.39, 0.29) is 0 Å². The van der Waals surface area contributed by atoms with Crippen molar-refractivity contribution >= 4 is 11.8 Å². The highest BCUT2D eigenvalue weighted by Crippen LogP contribution is 2.35. The number of halogens is 2. The van der Waals surface area contributed by atoms with Gasteiger partial charge in [-0.2, -0.15) is 0 Å². The fourth-order valence-corrected chi connectivity index (χ4v) is 3.70. The molecule has 1 N–H and O–H groups in total. The van der Waals surface area contributed by atoms with E-state index in [4.69, 9.17) is 0 Å². The molecule has 0 spiro atoms. The van der Waals surface area contributed by atoms with Gasteiger partial charge in [0.2, 0.25) is 0 Å². The summed E-state index contributed by atoms with van der Waals surface area (Å²) in [5.74, 6) is -1.53. The van der Waals surface area contributed by atoms with Crippen LogP contribution in [0, 0.1) is 11.6 Å². The van der Waals surface area contributed by atoms with Gasteiger partial charge in [-0.15, -0.1) is 11.8 Å². The molecule has 1 aromatic rings. The summed E-state index contributed by atoms with van der Waals surface area (Å²) in [6.07, 6.45) is 4.66. The fourth-order valence-electron chi connectivity index (χ4n) is 2.36. The van der Waals surface area contributed by atoms with E-state index in [1.807, 2.05) is 0 Å². The van der Waals surface area contributed by atoms with Crippen molar-refractivity contribution < 1.29 is 8.78 Å². The largest absolute Gasteiger partial charge is 0.313 e. The SMILES string of the molecule is CCCNC1CCCC1Sc1ccc(F)c(F)c1. The lowest BCUT2D eigenvalue weighted by molar-refractivity contribution is 0.505. The van der Waals surface area contributed by atoms with Crippen LogP contribution in [-0.2, 0) is 0 Å². The minimum atomic E-state index is -0.772. The molecule has 4 heteroatoms. The van der Waals surface area contributed by atoms with Crippen LogP contribution in [0.15, 0.2) is 23.1 Å². The Kier molecular flexibility index (Phi) is 5.01. The fraction of sp³-hybridized carbons (Fsp3) is 0.571. The Morgan fingerprint density at radius 3 is 2.83 bits per heavy atom. The summed E-state index contributed by atoms with van der Waals surface area (Å²) < 4.78 is 26.0. The summed E-state index contributed by atoms with van der Waals surface area (Å²) in [4.78, 5) is 0.823. The van der Waals surface area contributed by atoms with Crippen LogP contribution in [0.4, 0.5) is 8.78 Å². The lowest BCUT2D eigenvalue weighted by Crippen LogP contribution is -2.34. The van der Waals surface area contributed by atoms with Gasteiger partial charge in [-0.3, -0.25) is 0 Å². The van der Waals surface area contributed by atoms with Gasteiger partial charge in [0.15, 0.2) is 11.6 Å². The van der Waals surface area contributed by atoms with Gasteiger partial charge in [-0.25, -0.2) is 8.78 Å². The molecule has 0 aliphatic heterocycles. The average Bonchev–Trinajstić information content (AvgIpc) is 2.79. The quantitative estimate of drug-likeness (QED) is 0.869. The van der Waals surface area contributed by atoms with Gasteiger partial charge in [0, 0.05) is 16.2 Å². The van der Waals surface area contributed by atoms with Crippen molar-refractivity contribution in [3.8, 4) is 0 Å². The first kappa shape index (κ1) is 13.8. The van der Waals surface area contributed by atoms with Crippen molar-refractivity contribution in [1.82, 2.24) is 5.32 Å². The highest BCUT2D eigenvalue weighted by Gasteiger charge is 2.27. The van der Waals surface area contributed by atoms with E-state index in [0.29, 0.717) is 11.3 Å². The Balaban J connectivity index is 1.96. The molecule has 0 heterocycles. The number of hydrogen-bond acceptors (Lipinski definition) is 2. The standard InChI is InChI=1S/C14H19F2NS/c1-2-8-17-13-4-3-5-14(13)18-10-6-7-11(15)12(16)9-10/h6-7,9,13-14,17H,2-5,8H2,1H3. The third kappa shape index (κ3) is 3.45. The number of nitrogens with one attached hydrogen (secondary N) is 1. The van der Waals surface area contributed by atoms with Crippen molar-refractivity contribution in [2.75, 3.05) is 6.54 Å². The molecular formula is C14H19F2NS. The van der Waals surface area contributed by atoms with Crippen molar-refractivity contribution in [3.63, 3.8) is 0 Å². The molecule has 0 saturated heterocycles. The predicted molar refractivity (Wildman–Crippen MR) is 71.9 cm³/mol. The van der Waals surface area contributed by atoms with E-state index >= 15 is 0 Å². The predicted octanol–water partition coefficient (Wildman–Crippen LogP) is 3.98. The van der Waals surface area contributed by atoms with E-state index in [2.05, 4.69) is 12.2 Å². The monoisotopic (exact) mass is 271 g/mol. The highest BCUT2D eigenvalue weighted by molar-refractivity contribution is 8.00. The molecule has 1 nitrogen and oxygen atoms in total. The number of hydrogen-bond donors (Lipinski definition) is 1. The average molecular weight is 271 g/mol. The summed E-state index contributed by atoms with van der Waals surface area (Å²) in [6.45, 7) is 3.18. The molecule has 0 aromatic heterocycles. The lowest BCUT2D eigenvalue weighted by Gasteiger charge is -2.20. The summed E-state index contributed by atoms with van der Waals surface area (Å²) in [6, 6.07) is 4.68. The van der Waals surface area contributed by atoms with Crippen LogP contribution in [0.1, 0.15) is 32.6 Å². The van der Waals surface area contributed by atoms with Crippen molar-refractivity contribution in [2.24, 2.45) is 0 Å². The summed E-state index contributed by atoms with van der Waals surface area (Å²) in [5, 5.41) is 4.01. The topological polar surface area (TPSA) is 12.0 Å². The number of benzene rings is 1. The number of thioether (sulfide) groups is 1. The van der Waals surface area contributed by atoms with Crippen LogP contribution >= 0.6 is 11.8 Å². The second-order valence-corrected chi connectivity index (χ2v) is 6.04. The molecule has 2 rings (SSSR count). The van der Waals surface area contributed by atoms with Gasteiger partial charge in [0.25, 0.3) is 0 Å². The van der Waals surface area contributed by atoms with Gasteiger partial charge in [-0.1, -0.05) is 13.3 Å². The van der Waals surface area contributed by atoms with Gasteiger partial charge in [0.1, 0.15) is 0 Å². The van der Waals surface area contributed by atoms with E-state index in [9.17, 15) is 8.78 Å². The maximum absolute atomic E-state index is 13.1. The lowest BCUT2D eigenvalue weighted by atomic mass is 10.2. The van der Waals surface area contributed by atoms with Gasteiger partial charge in [0.05, 0.1) is 0 Å². The molecule has 1 aromatic carbocycles. The molecule has 1 aliphatic carbocycles. The van der Waals surface area contributed by atoms with Crippen LogP contribution < -0.4 is 5.32 Å². The van der Waals surface area contributed by atoms with Gasteiger partial charge >= 0.3 is 0 Å². The minimum absolute atomic E-state index is 0.474. The molecule has 0 bridgehead atoms. The molecule has 0 radical (unpaired) electrons. The maximum atomic E-state index is 13.1. The Bertz CT molecular complexity index is 397. The Morgan fingerprint density at radius 1 is 1.28 bits per heavy atom. The zero-order valence-corrected chi connectivity index (χ0v) is 11.4. The van der Waals surface area contributed by atoms with E-state index in [1.165, 1.54) is 25.0 Å². The van der Waals surface area contributed by atoms with Gasteiger partial charge in [-0.05, 0) is 44.0 Å². The van der Waals surface area contributed by atoms with Crippen LogP contribution in [0.25, 0.3) is 0 Å². The molecular weight excluding hydrogens is 252 g/mol. The van der Waals surface area contributed by atoms with Crippen LogP contribution in [0.2, 0.25) is 0 Å². The molecule has 2 atom stereocenters. The molecule has 18 heavy (non-hydrogen) atoms. The molecule has 1 fully saturated rings. The van der Waals surface area contributed by atoms with Crippen molar-refractivity contribution in [2.45, 2.75) is 48.8 Å². The molecule has 2 unspecified atom stereocenters. The van der Waals surface area contributed by atoms with Crippen molar-refractivity contribution in [3.05, 3.63) is 29.8 Å². The smallest absolute Gasteiger partial charge is 0.159 e. The van der Waals surface area contributed by atoms with E-state index in [1.54, 1.807) is 17.8 Å². The summed E-state index contributed by atoms with van der Waals surface area (Å²) in [7, 11) is 0. The maximum Gasteiger partial charge on any atom is 0.159 e. The molecule has 1 aliphatic rings. The first-order chi connectivity index (χ1) is 8.70. The summed E-state index contributed by atoms with van der Waals surface area (Å²) >= 11 is 1.66. The van der Waals surface area contributed by atoms with Crippen LogP contribution in [0.3, 0.4) is 0 Å². The summed E-state index contributed by atoms with van der Waals surface area (Å²) in [5.41, 5.74) is 0. The first-order valence-corrected chi connectivity index (χ1v) is 7.43. The van der Waals surface area contributed by atoms with E-state index in [0.717, 1.165) is 24.3 Å². The Morgan fingerprint density at radius 2 is 2.11 bits per heavy atom. The van der Waals surface area contributed by atoms with Crippen LogP contribution in [0.5, 0.6) is 0 Å². The second kappa shape index (κ2) is 6.53. The third-order valence-electron chi connectivity index (χ3n) is 3.29.